The van der Waals surface area contributed by atoms with Gasteiger partial charge in [-0.2, -0.15) is 4.31 Å². The largest absolute Gasteiger partial charge is 0.337 e. The Morgan fingerprint density at radius 2 is 2.17 bits per heavy atom. The van der Waals surface area contributed by atoms with Gasteiger partial charge in [-0.3, -0.25) is 0 Å². The SMILES string of the molecule is CCn1cnc(S(=O)(=O)N2CCNCC2c2nccn2C)c1.Cl. The molecule has 23 heavy (non-hydrogen) atoms. The van der Waals surface area contributed by atoms with Crippen molar-refractivity contribution in [2.24, 2.45) is 7.05 Å². The Morgan fingerprint density at radius 1 is 1.39 bits per heavy atom. The number of nitrogens with one attached hydrogen (secondary N) is 1. The van der Waals surface area contributed by atoms with E-state index in [1.165, 1.54) is 4.31 Å². The monoisotopic (exact) mass is 360 g/mol. The highest BCUT2D eigenvalue weighted by Gasteiger charge is 2.37. The molecule has 0 radical (unpaired) electrons. The van der Waals surface area contributed by atoms with Gasteiger partial charge < -0.3 is 14.5 Å². The number of aromatic nitrogens is 4. The summed E-state index contributed by atoms with van der Waals surface area (Å²) in [6.07, 6.45) is 6.62. The molecule has 10 heteroatoms. The van der Waals surface area contributed by atoms with Gasteiger partial charge in [-0.25, -0.2) is 18.4 Å². The molecule has 0 aliphatic carbocycles. The molecule has 2 aromatic heterocycles. The maximum atomic E-state index is 12.9. The fraction of sp³-hybridized carbons (Fsp3) is 0.538. The second-order valence-corrected chi connectivity index (χ2v) is 7.11. The van der Waals surface area contributed by atoms with Crippen molar-refractivity contribution in [1.82, 2.24) is 28.7 Å². The van der Waals surface area contributed by atoms with Gasteiger partial charge in [0.15, 0.2) is 5.03 Å². The number of rotatable bonds is 4. The van der Waals surface area contributed by atoms with Crippen LogP contribution in [0.25, 0.3) is 0 Å². The number of hydrogen-bond acceptors (Lipinski definition) is 5. The minimum absolute atomic E-state index is 0. The third-order valence-corrected chi connectivity index (χ3v) is 5.69. The number of aryl methyl sites for hydroxylation is 2. The van der Waals surface area contributed by atoms with Crippen LogP contribution in [0.3, 0.4) is 0 Å². The topological polar surface area (TPSA) is 85.1 Å². The molecular formula is C13H21ClN6O2S. The van der Waals surface area contributed by atoms with Crippen LogP contribution in [0.5, 0.6) is 0 Å². The van der Waals surface area contributed by atoms with Crippen LogP contribution in [-0.2, 0) is 23.6 Å². The third kappa shape index (κ3) is 3.27. The molecule has 0 aromatic carbocycles. The molecule has 8 nitrogen and oxygen atoms in total. The van der Waals surface area contributed by atoms with Crippen LogP contribution < -0.4 is 5.32 Å². The van der Waals surface area contributed by atoms with E-state index < -0.39 is 10.0 Å². The average molecular weight is 361 g/mol. The maximum Gasteiger partial charge on any atom is 0.262 e. The first-order chi connectivity index (χ1) is 10.5. The Hall–Kier alpha value is -1.42. The van der Waals surface area contributed by atoms with E-state index in [0.29, 0.717) is 26.2 Å². The molecule has 3 rings (SSSR count). The van der Waals surface area contributed by atoms with Crippen molar-refractivity contribution in [3.63, 3.8) is 0 Å². The van der Waals surface area contributed by atoms with Gasteiger partial charge in [-0.1, -0.05) is 0 Å². The van der Waals surface area contributed by atoms with Crippen LogP contribution in [-0.4, -0.2) is 51.5 Å². The normalized spacial score (nSPS) is 19.5. The highest BCUT2D eigenvalue weighted by Crippen LogP contribution is 2.27. The van der Waals surface area contributed by atoms with Crippen LogP contribution >= 0.6 is 12.4 Å². The predicted molar refractivity (Wildman–Crippen MR) is 87.9 cm³/mol. The van der Waals surface area contributed by atoms with E-state index in [0.717, 1.165) is 5.82 Å². The lowest BCUT2D eigenvalue weighted by atomic mass is 10.2. The lowest BCUT2D eigenvalue weighted by Gasteiger charge is -2.34. The fourth-order valence-electron chi connectivity index (χ4n) is 2.66. The summed E-state index contributed by atoms with van der Waals surface area (Å²) in [6.45, 7) is 4.19. The second kappa shape index (κ2) is 7.00. The van der Waals surface area contributed by atoms with Gasteiger partial charge in [0, 0.05) is 51.8 Å². The average Bonchev–Trinajstić information content (AvgIpc) is 3.16. The number of piperazine rings is 1. The molecule has 128 valence electrons. The standard InChI is InChI=1S/C13H20N6O2S.ClH/c1-3-18-9-12(16-10-18)22(20,21)19-7-4-14-8-11(19)13-15-5-6-17(13)2;/h5-6,9-11,14H,3-4,7-8H2,1-2H3;1H. The smallest absolute Gasteiger partial charge is 0.262 e. The van der Waals surface area contributed by atoms with E-state index in [1.54, 1.807) is 23.3 Å². The summed E-state index contributed by atoms with van der Waals surface area (Å²) >= 11 is 0. The molecule has 1 N–H and O–H groups in total. The van der Waals surface area contributed by atoms with Gasteiger partial charge in [0.2, 0.25) is 0 Å². The quantitative estimate of drug-likeness (QED) is 0.852. The van der Waals surface area contributed by atoms with Crippen LogP contribution in [0.2, 0.25) is 0 Å². The van der Waals surface area contributed by atoms with E-state index >= 15 is 0 Å². The summed E-state index contributed by atoms with van der Waals surface area (Å²) in [5.41, 5.74) is 0. The van der Waals surface area contributed by atoms with Crippen molar-refractivity contribution in [3.8, 4) is 0 Å². The van der Waals surface area contributed by atoms with E-state index in [4.69, 9.17) is 0 Å². The van der Waals surface area contributed by atoms with Crippen molar-refractivity contribution >= 4 is 22.4 Å². The molecule has 1 fully saturated rings. The molecule has 0 bridgehead atoms. The summed E-state index contributed by atoms with van der Waals surface area (Å²) in [5, 5.41) is 3.33. The first kappa shape index (κ1) is 17.9. The van der Waals surface area contributed by atoms with Gasteiger partial charge in [-0.15, -0.1) is 12.4 Å². The lowest BCUT2D eigenvalue weighted by molar-refractivity contribution is 0.258. The van der Waals surface area contributed by atoms with Crippen molar-refractivity contribution < 1.29 is 8.42 Å². The van der Waals surface area contributed by atoms with Crippen LogP contribution in [0.1, 0.15) is 18.8 Å². The Bertz CT molecular complexity index is 756. The maximum absolute atomic E-state index is 12.9. The van der Waals surface area contributed by atoms with Crippen molar-refractivity contribution in [1.29, 1.82) is 0 Å². The molecule has 1 saturated heterocycles. The van der Waals surface area contributed by atoms with Gasteiger partial charge >= 0.3 is 0 Å². The minimum Gasteiger partial charge on any atom is -0.337 e. The third-order valence-electron chi connectivity index (χ3n) is 3.90. The molecule has 3 heterocycles. The minimum atomic E-state index is -3.64. The van der Waals surface area contributed by atoms with Crippen molar-refractivity contribution in [2.45, 2.75) is 24.5 Å². The molecule has 1 atom stereocenters. The van der Waals surface area contributed by atoms with Crippen LogP contribution in [0.4, 0.5) is 0 Å². The van der Waals surface area contributed by atoms with Crippen molar-refractivity contribution in [2.75, 3.05) is 19.6 Å². The summed E-state index contributed by atoms with van der Waals surface area (Å²) in [7, 11) is -1.77. The Balaban J connectivity index is 0.00000192. The summed E-state index contributed by atoms with van der Waals surface area (Å²) < 4.78 is 30.9. The van der Waals surface area contributed by atoms with E-state index in [-0.39, 0.29) is 23.5 Å². The highest BCUT2D eigenvalue weighted by atomic mass is 35.5. The number of imidazole rings is 2. The fourth-order valence-corrected chi connectivity index (χ4v) is 4.18. The van der Waals surface area contributed by atoms with Crippen LogP contribution in [0.15, 0.2) is 29.9 Å². The number of nitrogens with zero attached hydrogens (tertiary/aromatic N) is 5. The number of halogens is 1. The van der Waals surface area contributed by atoms with E-state index in [2.05, 4.69) is 15.3 Å². The molecule has 0 saturated carbocycles. The molecule has 1 aliphatic rings. The zero-order valence-corrected chi connectivity index (χ0v) is 14.7. The Kier molecular flexibility index (Phi) is 5.45. The highest BCUT2D eigenvalue weighted by molar-refractivity contribution is 7.89. The van der Waals surface area contributed by atoms with E-state index in [9.17, 15) is 8.42 Å². The molecule has 1 unspecified atom stereocenters. The molecule has 2 aromatic rings. The van der Waals surface area contributed by atoms with Crippen molar-refractivity contribution in [3.05, 3.63) is 30.7 Å². The number of sulfonamides is 1. The number of hydrogen-bond donors (Lipinski definition) is 1. The molecule has 1 aliphatic heterocycles. The zero-order chi connectivity index (χ0) is 15.7. The Labute approximate surface area is 142 Å². The second-order valence-electron chi connectivity index (χ2n) is 5.27. The van der Waals surface area contributed by atoms with Gasteiger partial charge in [-0.05, 0) is 6.92 Å². The molecular weight excluding hydrogens is 340 g/mol. The zero-order valence-electron chi connectivity index (χ0n) is 13.1. The Morgan fingerprint density at radius 3 is 2.78 bits per heavy atom. The van der Waals surface area contributed by atoms with Crippen LogP contribution in [0, 0.1) is 0 Å². The van der Waals surface area contributed by atoms with E-state index in [1.807, 2.05) is 24.7 Å². The van der Waals surface area contributed by atoms with Gasteiger partial charge in [0.1, 0.15) is 5.82 Å². The molecule has 0 spiro atoms. The lowest BCUT2D eigenvalue weighted by Crippen LogP contribution is -2.49. The summed E-state index contributed by atoms with van der Waals surface area (Å²) in [6, 6.07) is -0.328. The summed E-state index contributed by atoms with van der Waals surface area (Å²) in [5.74, 6) is 0.727. The molecule has 0 amide bonds. The van der Waals surface area contributed by atoms with Gasteiger partial charge in [0.25, 0.3) is 10.0 Å². The first-order valence-electron chi connectivity index (χ1n) is 7.25. The first-order valence-corrected chi connectivity index (χ1v) is 8.69. The predicted octanol–water partition coefficient (Wildman–Crippen LogP) is 0.394. The van der Waals surface area contributed by atoms with Gasteiger partial charge in [0.05, 0.1) is 12.4 Å². The summed E-state index contributed by atoms with van der Waals surface area (Å²) in [4.78, 5) is 8.37.